The van der Waals surface area contributed by atoms with Crippen LogP contribution in [0.1, 0.15) is 27.2 Å². The molecule has 0 radical (unpaired) electrons. The van der Waals surface area contributed by atoms with Gasteiger partial charge in [0.05, 0.1) is 5.92 Å². The van der Waals surface area contributed by atoms with Gasteiger partial charge in [-0.05, 0) is 12.3 Å². The summed E-state index contributed by atoms with van der Waals surface area (Å²) in [5.41, 5.74) is 0. The van der Waals surface area contributed by atoms with Crippen molar-refractivity contribution in [3.8, 4) is 0 Å². The maximum absolute atomic E-state index is 10.9. The van der Waals surface area contributed by atoms with Gasteiger partial charge in [0.2, 0.25) is 5.91 Å². The molecule has 58 valence electrons. The molecule has 1 heterocycles. The van der Waals surface area contributed by atoms with Gasteiger partial charge in [-0.15, -0.1) is 0 Å². The Bertz CT molecular complexity index is 142. The Balaban J connectivity index is 2.45. The number of carbonyl (C=O) groups excluding carboxylic acids is 1. The van der Waals surface area contributed by atoms with Crippen LogP contribution in [0.2, 0.25) is 0 Å². The zero-order valence-corrected chi connectivity index (χ0v) is 6.85. The normalized spacial score (nSPS) is 31.8. The molecule has 2 unspecified atom stereocenters. The van der Waals surface area contributed by atoms with Crippen LogP contribution in [0.15, 0.2) is 0 Å². The molecule has 1 aliphatic rings. The first kappa shape index (κ1) is 7.58. The fraction of sp³-hybridized carbons (Fsp3) is 0.875. The number of amides is 1. The van der Waals surface area contributed by atoms with E-state index in [-0.39, 0.29) is 5.91 Å². The summed E-state index contributed by atoms with van der Waals surface area (Å²) in [6.45, 7) is 6.36. The fourth-order valence-electron chi connectivity index (χ4n) is 1.51. The SMILES string of the molecule is CCC1C(=O)NC1C(C)C. The van der Waals surface area contributed by atoms with Crippen LogP contribution < -0.4 is 5.32 Å². The molecule has 0 bridgehead atoms. The van der Waals surface area contributed by atoms with Crippen molar-refractivity contribution in [1.29, 1.82) is 0 Å². The maximum Gasteiger partial charge on any atom is 0.225 e. The molecule has 1 amide bonds. The molecule has 0 spiro atoms. The first-order valence-electron chi connectivity index (χ1n) is 3.97. The van der Waals surface area contributed by atoms with Crippen LogP contribution in [-0.2, 0) is 4.79 Å². The van der Waals surface area contributed by atoms with Crippen molar-refractivity contribution in [2.75, 3.05) is 0 Å². The lowest BCUT2D eigenvalue weighted by atomic mass is 9.81. The van der Waals surface area contributed by atoms with Gasteiger partial charge in [0.15, 0.2) is 0 Å². The Morgan fingerprint density at radius 1 is 1.60 bits per heavy atom. The van der Waals surface area contributed by atoms with E-state index in [4.69, 9.17) is 0 Å². The molecule has 1 N–H and O–H groups in total. The van der Waals surface area contributed by atoms with Crippen molar-refractivity contribution >= 4 is 5.91 Å². The Morgan fingerprint density at radius 3 is 2.40 bits per heavy atom. The van der Waals surface area contributed by atoms with E-state index >= 15 is 0 Å². The van der Waals surface area contributed by atoms with Gasteiger partial charge in [-0.25, -0.2) is 0 Å². The number of nitrogens with one attached hydrogen (secondary N) is 1. The molecule has 10 heavy (non-hydrogen) atoms. The highest BCUT2D eigenvalue weighted by atomic mass is 16.2. The third-order valence-corrected chi connectivity index (χ3v) is 2.24. The lowest BCUT2D eigenvalue weighted by Crippen LogP contribution is -2.60. The molecule has 2 atom stereocenters. The molecule has 1 rings (SSSR count). The molecule has 0 aromatic heterocycles. The number of hydrogen-bond acceptors (Lipinski definition) is 1. The van der Waals surface area contributed by atoms with Crippen molar-refractivity contribution in [3.63, 3.8) is 0 Å². The molecule has 2 nitrogen and oxygen atoms in total. The molecule has 1 saturated heterocycles. The van der Waals surface area contributed by atoms with Crippen LogP contribution in [0.25, 0.3) is 0 Å². The number of hydrogen-bond donors (Lipinski definition) is 1. The highest BCUT2D eigenvalue weighted by Crippen LogP contribution is 2.24. The number of β-lactam (4-membered cyclic amide) rings is 1. The van der Waals surface area contributed by atoms with Gasteiger partial charge in [-0.2, -0.15) is 0 Å². The second-order valence-electron chi connectivity index (χ2n) is 3.29. The van der Waals surface area contributed by atoms with Crippen LogP contribution in [-0.4, -0.2) is 11.9 Å². The summed E-state index contributed by atoms with van der Waals surface area (Å²) in [7, 11) is 0. The monoisotopic (exact) mass is 141 g/mol. The minimum atomic E-state index is 0.237. The van der Waals surface area contributed by atoms with Crippen molar-refractivity contribution < 1.29 is 4.79 Å². The average molecular weight is 141 g/mol. The summed E-state index contributed by atoms with van der Waals surface area (Å²) >= 11 is 0. The quantitative estimate of drug-likeness (QED) is 0.574. The van der Waals surface area contributed by atoms with E-state index in [0.29, 0.717) is 17.9 Å². The molecule has 0 saturated carbocycles. The smallest absolute Gasteiger partial charge is 0.225 e. The topological polar surface area (TPSA) is 29.1 Å². The van der Waals surface area contributed by atoms with E-state index in [2.05, 4.69) is 26.1 Å². The fourth-order valence-corrected chi connectivity index (χ4v) is 1.51. The third-order valence-electron chi connectivity index (χ3n) is 2.24. The van der Waals surface area contributed by atoms with Crippen LogP contribution in [0.5, 0.6) is 0 Å². The van der Waals surface area contributed by atoms with Crippen molar-refractivity contribution in [1.82, 2.24) is 5.32 Å². The first-order valence-corrected chi connectivity index (χ1v) is 3.97. The van der Waals surface area contributed by atoms with Gasteiger partial charge in [-0.3, -0.25) is 4.79 Å². The highest BCUT2D eigenvalue weighted by molar-refractivity contribution is 5.85. The molecule has 0 aliphatic carbocycles. The standard InChI is InChI=1S/C8H15NO/c1-4-6-7(5(2)3)9-8(6)10/h5-7H,4H2,1-3H3,(H,9,10). The van der Waals surface area contributed by atoms with Crippen LogP contribution in [0.3, 0.4) is 0 Å². The molecular formula is C8H15NO. The molecule has 1 fully saturated rings. The zero-order valence-electron chi connectivity index (χ0n) is 6.85. The maximum atomic E-state index is 10.9. The summed E-state index contributed by atoms with van der Waals surface area (Å²) in [5.74, 6) is 1.11. The summed E-state index contributed by atoms with van der Waals surface area (Å²) in [5, 5.41) is 2.90. The van der Waals surface area contributed by atoms with Crippen molar-refractivity contribution in [2.45, 2.75) is 33.2 Å². The first-order chi connectivity index (χ1) is 4.66. The third kappa shape index (κ3) is 1.02. The van der Waals surface area contributed by atoms with Gasteiger partial charge in [0.25, 0.3) is 0 Å². The Labute approximate surface area is 62.0 Å². The lowest BCUT2D eigenvalue weighted by Gasteiger charge is -2.39. The summed E-state index contributed by atoms with van der Waals surface area (Å²) < 4.78 is 0. The van der Waals surface area contributed by atoms with Crippen LogP contribution in [0, 0.1) is 11.8 Å². The summed E-state index contributed by atoms with van der Waals surface area (Å²) in [4.78, 5) is 10.9. The Hall–Kier alpha value is -0.530. The van der Waals surface area contributed by atoms with Gasteiger partial charge in [0, 0.05) is 6.04 Å². The van der Waals surface area contributed by atoms with Crippen molar-refractivity contribution in [2.24, 2.45) is 11.8 Å². The number of carbonyl (C=O) groups is 1. The van der Waals surface area contributed by atoms with Crippen molar-refractivity contribution in [3.05, 3.63) is 0 Å². The highest BCUT2D eigenvalue weighted by Gasteiger charge is 2.38. The van der Waals surface area contributed by atoms with Gasteiger partial charge < -0.3 is 5.32 Å². The lowest BCUT2D eigenvalue weighted by molar-refractivity contribution is -0.136. The minimum Gasteiger partial charge on any atom is -0.352 e. The molecule has 1 aliphatic heterocycles. The Morgan fingerprint density at radius 2 is 2.20 bits per heavy atom. The predicted octanol–water partition coefficient (Wildman–Crippen LogP) is 1.17. The van der Waals surface area contributed by atoms with E-state index in [0.717, 1.165) is 6.42 Å². The van der Waals surface area contributed by atoms with E-state index in [1.807, 2.05) is 0 Å². The van der Waals surface area contributed by atoms with E-state index in [1.165, 1.54) is 0 Å². The van der Waals surface area contributed by atoms with Crippen LogP contribution in [0.4, 0.5) is 0 Å². The minimum absolute atomic E-state index is 0.237. The van der Waals surface area contributed by atoms with Gasteiger partial charge in [0.1, 0.15) is 0 Å². The van der Waals surface area contributed by atoms with E-state index in [1.54, 1.807) is 0 Å². The van der Waals surface area contributed by atoms with E-state index < -0.39 is 0 Å². The van der Waals surface area contributed by atoms with Gasteiger partial charge >= 0.3 is 0 Å². The molecule has 0 aromatic carbocycles. The Kier molecular flexibility index (Phi) is 1.97. The summed E-state index contributed by atoms with van der Waals surface area (Å²) in [6, 6.07) is 0.442. The molecule has 2 heteroatoms. The predicted molar refractivity (Wildman–Crippen MR) is 40.5 cm³/mol. The zero-order chi connectivity index (χ0) is 7.72. The van der Waals surface area contributed by atoms with E-state index in [9.17, 15) is 4.79 Å². The van der Waals surface area contributed by atoms with Gasteiger partial charge in [-0.1, -0.05) is 20.8 Å². The average Bonchev–Trinajstić information content (AvgIpc) is 1.83. The number of rotatable bonds is 2. The second-order valence-corrected chi connectivity index (χ2v) is 3.29. The second kappa shape index (κ2) is 2.60. The summed E-state index contributed by atoms with van der Waals surface area (Å²) in [6.07, 6.45) is 0.981. The largest absolute Gasteiger partial charge is 0.352 e. The molecular weight excluding hydrogens is 126 g/mol. The molecule has 0 aromatic rings. The van der Waals surface area contributed by atoms with Crippen LogP contribution >= 0.6 is 0 Å².